The second-order valence-electron chi connectivity index (χ2n) is 4.36. The standard InChI is InChI=1S/C13H15Br2NO/c1-9-11(5-2-6-12(9)15)13(17)16-7-3-4-10(16)8-14/h2,5-6,10H,3-4,7-8H2,1H3. The van der Waals surface area contributed by atoms with Gasteiger partial charge in [0.25, 0.3) is 5.91 Å². The van der Waals surface area contributed by atoms with Crippen molar-refractivity contribution in [3.63, 3.8) is 0 Å². The van der Waals surface area contributed by atoms with Crippen molar-refractivity contribution < 1.29 is 4.79 Å². The number of carbonyl (C=O) groups excluding carboxylic acids is 1. The van der Waals surface area contributed by atoms with Crippen LogP contribution >= 0.6 is 31.9 Å². The number of likely N-dealkylation sites (tertiary alicyclic amines) is 1. The molecule has 1 aromatic rings. The minimum absolute atomic E-state index is 0.158. The van der Waals surface area contributed by atoms with Crippen LogP contribution in [0.4, 0.5) is 0 Å². The Morgan fingerprint density at radius 2 is 2.29 bits per heavy atom. The van der Waals surface area contributed by atoms with E-state index in [1.54, 1.807) is 0 Å². The highest BCUT2D eigenvalue weighted by atomic mass is 79.9. The van der Waals surface area contributed by atoms with Gasteiger partial charge in [0.05, 0.1) is 0 Å². The van der Waals surface area contributed by atoms with Gasteiger partial charge >= 0.3 is 0 Å². The van der Waals surface area contributed by atoms with Gasteiger partial charge in [-0.25, -0.2) is 0 Å². The van der Waals surface area contributed by atoms with Gasteiger partial charge in [-0.05, 0) is 37.5 Å². The molecule has 1 fully saturated rings. The molecule has 2 rings (SSSR count). The highest BCUT2D eigenvalue weighted by Gasteiger charge is 2.29. The summed E-state index contributed by atoms with van der Waals surface area (Å²) in [6, 6.07) is 6.15. The lowest BCUT2D eigenvalue weighted by Crippen LogP contribution is -2.36. The maximum atomic E-state index is 12.5. The van der Waals surface area contributed by atoms with Crippen molar-refractivity contribution in [2.24, 2.45) is 0 Å². The Morgan fingerprint density at radius 3 is 3.00 bits per heavy atom. The van der Waals surface area contributed by atoms with Crippen molar-refractivity contribution in [2.45, 2.75) is 25.8 Å². The third kappa shape index (κ3) is 2.58. The zero-order valence-corrected chi connectivity index (χ0v) is 12.9. The number of benzene rings is 1. The molecule has 1 unspecified atom stereocenters. The van der Waals surface area contributed by atoms with E-state index in [0.29, 0.717) is 6.04 Å². The molecule has 1 heterocycles. The molecule has 1 aliphatic rings. The van der Waals surface area contributed by atoms with Crippen LogP contribution in [0.5, 0.6) is 0 Å². The van der Waals surface area contributed by atoms with E-state index in [4.69, 9.17) is 0 Å². The van der Waals surface area contributed by atoms with Crippen molar-refractivity contribution in [1.82, 2.24) is 4.90 Å². The number of hydrogen-bond acceptors (Lipinski definition) is 1. The monoisotopic (exact) mass is 359 g/mol. The van der Waals surface area contributed by atoms with E-state index in [0.717, 1.165) is 40.3 Å². The number of hydrogen-bond donors (Lipinski definition) is 0. The zero-order valence-electron chi connectivity index (χ0n) is 9.75. The number of nitrogens with zero attached hydrogens (tertiary/aromatic N) is 1. The van der Waals surface area contributed by atoms with Crippen LogP contribution in [0.3, 0.4) is 0 Å². The van der Waals surface area contributed by atoms with Crippen LogP contribution in [0, 0.1) is 6.92 Å². The van der Waals surface area contributed by atoms with Gasteiger partial charge in [-0.1, -0.05) is 37.9 Å². The van der Waals surface area contributed by atoms with Gasteiger partial charge in [-0.3, -0.25) is 4.79 Å². The number of halogens is 2. The molecule has 0 aromatic heterocycles. The van der Waals surface area contributed by atoms with Crippen molar-refractivity contribution in [3.8, 4) is 0 Å². The van der Waals surface area contributed by atoms with Gasteiger partial charge in [-0.15, -0.1) is 0 Å². The Bertz CT molecular complexity index is 433. The molecule has 0 spiro atoms. The van der Waals surface area contributed by atoms with Gasteiger partial charge in [0, 0.05) is 28.0 Å². The molecule has 0 N–H and O–H groups in total. The smallest absolute Gasteiger partial charge is 0.254 e. The Labute approximate surface area is 119 Å². The van der Waals surface area contributed by atoms with E-state index in [-0.39, 0.29) is 5.91 Å². The van der Waals surface area contributed by atoms with Crippen molar-refractivity contribution in [3.05, 3.63) is 33.8 Å². The predicted molar refractivity (Wildman–Crippen MR) is 76.7 cm³/mol. The second kappa shape index (κ2) is 5.53. The van der Waals surface area contributed by atoms with Gasteiger partial charge in [-0.2, -0.15) is 0 Å². The van der Waals surface area contributed by atoms with E-state index in [1.807, 2.05) is 30.0 Å². The fourth-order valence-corrected chi connectivity index (χ4v) is 3.30. The second-order valence-corrected chi connectivity index (χ2v) is 5.86. The average Bonchev–Trinajstić information content (AvgIpc) is 2.80. The van der Waals surface area contributed by atoms with Gasteiger partial charge < -0.3 is 4.90 Å². The van der Waals surface area contributed by atoms with Crippen molar-refractivity contribution in [1.29, 1.82) is 0 Å². The predicted octanol–water partition coefficient (Wildman–Crippen LogP) is 3.76. The molecule has 0 aliphatic carbocycles. The van der Waals surface area contributed by atoms with Crippen LogP contribution in [-0.2, 0) is 0 Å². The summed E-state index contributed by atoms with van der Waals surface area (Å²) < 4.78 is 0.998. The molecule has 1 aliphatic heterocycles. The third-order valence-electron chi connectivity index (χ3n) is 3.31. The molecular formula is C13H15Br2NO. The van der Waals surface area contributed by atoms with E-state index in [9.17, 15) is 4.79 Å². The Kier molecular flexibility index (Phi) is 4.26. The summed E-state index contributed by atoms with van der Waals surface area (Å²) in [5.41, 5.74) is 1.84. The van der Waals surface area contributed by atoms with Gasteiger partial charge in [0.15, 0.2) is 0 Å². The summed E-state index contributed by atoms with van der Waals surface area (Å²) >= 11 is 6.96. The summed E-state index contributed by atoms with van der Waals surface area (Å²) in [4.78, 5) is 14.5. The van der Waals surface area contributed by atoms with Crippen LogP contribution in [0.25, 0.3) is 0 Å². The summed E-state index contributed by atoms with van der Waals surface area (Å²) in [6.45, 7) is 2.86. The highest BCUT2D eigenvalue weighted by molar-refractivity contribution is 9.10. The fraction of sp³-hybridized carbons (Fsp3) is 0.462. The highest BCUT2D eigenvalue weighted by Crippen LogP contribution is 2.25. The number of alkyl halides is 1. The molecule has 1 saturated heterocycles. The van der Waals surface area contributed by atoms with Crippen molar-refractivity contribution in [2.75, 3.05) is 11.9 Å². The number of amides is 1. The summed E-state index contributed by atoms with van der Waals surface area (Å²) in [5.74, 6) is 0.158. The number of carbonyl (C=O) groups is 1. The third-order valence-corrected chi connectivity index (χ3v) is 4.92. The first kappa shape index (κ1) is 13.1. The molecule has 92 valence electrons. The van der Waals surface area contributed by atoms with E-state index in [1.165, 1.54) is 0 Å². The van der Waals surface area contributed by atoms with Crippen LogP contribution in [-0.4, -0.2) is 28.7 Å². The molecule has 0 saturated carbocycles. The topological polar surface area (TPSA) is 20.3 Å². The van der Waals surface area contributed by atoms with Crippen LogP contribution in [0.15, 0.2) is 22.7 Å². The molecule has 1 amide bonds. The lowest BCUT2D eigenvalue weighted by Gasteiger charge is -2.24. The fourth-order valence-electron chi connectivity index (χ4n) is 2.26. The lowest BCUT2D eigenvalue weighted by molar-refractivity contribution is 0.0749. The normalized spacial score (nSPS) is 19.7. The SMILES string of the molecule is Cc1c(Br)cccc1C(=O)N1CCCC1CBr. The molecule has 17 heavy (non-hydrogen) atoms. The quantitative estimate of drug-likeness (QED) is 0.735. The first-order chi connectivity index (χ1) is 8.15. The molecule has 0 bridgehead atoms. The maximum Gasteiger partial charge on any atom is 0.254 e. The van der Waals surface area contributed by atoms with Gasteiger partial charge in [0.1, 0.15) is 0 Å². The summed E-state index contributed by atoms with van der Waals surface area (Å²) in [6.07, 6.45) is 2.21. The Balaban J connectivity index is 2.28. The van der Waals surface area contributed by atoms with Crippen LogP contribution in [0.1, 0.15) is 28.8 Å². The minimum Gasteiger partial charge on any atom is -0.335 e. The molecule has 1 atom stereocenters. The number of rotatable bonds is 2. The van der Waals surface area contributed by atoms with Crippen LogP contribution in [0.2, 0.25) is 0 Å². The molecular weight excluding hydrogens is 346 g/mol. The van der Waals surface area contributed by atoms with E-state index < -0.39 is 0 Å². The Hall–Kier alpha value is -0.350. The van der Waals surface area contributed by atoms with Crippen molar-refractivity contribution >= 4 is 37.8 Å². The molecule has 2 nitrogen and oxygen atoms in total. The van der Waals surface area contributed by atoms with Gasteiger partial charge in [0.2, 0.25) is 0 Å². The van der Waals surface area contributed by atoms with Crippen LogP contribution < -0.4 is 0 Å². The first-order valence-electron chi connectivity index (χ1n) is 5.77. The largest absolute Gasteiger partial charge is 0.335 e. The average molecular weight is 361 g/mol. The van der Waals surface area contributed by atoms with E-state index >= 15 is 0 Å². The Morgan fingerprint density at radius 1 is 1.53 bits per heavy atom. The molecule has 1 aromatic carbocycles. The first-order valence-corrected chi connectivity index (χ1v) is 7.68. The lowest BCUT2D eigenvalue weighted by atomic mass is 10.1. The van der Waals surface area contributed by atoms with E-state index in [2.05, 4.69) is 31.9 Å². The maximum absolute atomic E-state index is 12.5. The summed E-state index contributed by atoms with van der Waals surface area (Å²) in [7, 11) is 0. The zero-order chi connectivity index (χ0) is 12.4. The molecule has 4 heteroatoms. The minimum atomic E-state index is 0.158. The molecule has 0 radical (unpaired) electrons. The summed E-state index contributed by atoms with van der Waals surface area (Å²) in [5, 5.41) is 0.867.